The van der Waals surface area contributed by atoms with Gasteiger partial charge in [0, 0.05) is 5.54 Å². The van der Waals surface area contributed by atoms with E-state index in [0.29, 0.717) is 6.42 Å². The van der Waals surface area contributed by atoms with E-state index in [4.69, 9.17) is 10.3 Å². The van der Waals surface area contributed by atoms with Gasteiger partial charge in [0.05, 0.1) is 4.91 Å². The molecule has 1 atom stereocenters. The van der Waals surface area contributed by atoms with E-state index in [1.165, 1.54) is 12.2 Å². The van der Waals surface area contributed by atoms with Gasteiger partial charge in [0.1, 0.15) is 0 Å². The molecule has 0 aliphatic heterocycles. The molecule has 4 nitrogen and oxygen atoms in total. The van der Waals surface area contributed by atoms with Gasteiger partial charge in [-0.2, -0.15) is 8.42 Å². The van der Waals surface area contributed by atoms with Crippen LogP contribution < -0.4 is 5.73 Å². The molecule has 0 amide bonds. The van der Waals surface area contributed by atoms with Crippen molar-refractivity contribution in [2.24, 2.45) is 5.73 Å². The average molecular weight is 189 g/mol. The van der Waals surface area contributed by atoms with Crippen LogP contribution in [0.2, 0.25) is 0 Å². The lowest BCUT2D eigenvalue weighted by Crippen LogP contribution is -2.34. The van der Waals surface area contributed by atoms with Crippen molar-refractivity contribution < 1.29 is 13.0 Å². The van der Waals surface area contributed by atoms with Gasteiger partial charge in [0.15, 0.2) is 0 Å². The molecule has 0 bridgehead atoms. The van der Waals surface area contributed by atoms with Crippen LogP contribution in [-0.2, 0) is 10.1 Å². The summed E-state index contributed by atoms with van der Waals surface area (Å²) >= 11 is 0. The number of hydrogen-bond acceptors (Lipinski definition) is 3. The highest BCUT2D eigenvalue weighted by molar-refractivity contribution is 7.90. The van der Waals surface area contributed by atoms with Crippen molar-refractivity contribution >= 4 is 10.1 Å². The van der Waals surface area contributed by atoms with E-state index in [1.54, 1.807) is 13.0 Å². The van der Waals surface area contributed by atoms with Crippen molar-refractivity contribution in [1.29, 1.82) is 0 Å². The van der Waals surface area contributed by atoms with Crippen molar-refractivity contribution in [2.45, 2.75) is 18.9 Å². The zero-order valence-corrected chi connectivity index (χ0v) is 7.50. The van der Waals surface area contributed by atoms with E-state index < -0.39 is 15.7 Å². The standard InChI is InChI=1S/C7H11NO3S/c1-7(8)4-2-6(3-5-7)12(9,10)11/h2-4H,5,8H2,1H3,(H,9,10,11). The summed E-state index contributed by atoms with van der Waals surface area (Å²) in [7, 11) is -4.06. The first-order valence-corrected chi connectivity index (χ1v) is 4.91. The molecule has 68 valence electrons. The van der Waals surface area contributed by atoms with Crippen LogP contribution in [0.3, 0.4) is 0 Å². The number of allylic oxidation sites excluding steroid dienone is 1. The highest BCUT2D eigenvalue weighted by Crippen LogP contribution is 2.20. The summed E-state index contributed by atoms with van der Waals surface area (Å²) in [5, 5.41) is 0. The Hall–Kier alpha value is -0.650. The van der Waals surface area contributed by atoms with Crippen LogP contribution in [-0.4, -0.2) is 18.5 Å². The van der Waals surface area contributed by atoms with Gasteiger partial charge in [-0.25, -0.2) is 0 Å². The van der Waals surface area contributed by atoms with Crippen LogP contribution in [0.4, 0.5) is 0 Å². The summed E-state index contributed by atoms with van der Waals surface area (Å²) in [5.41, 5.74) is 5.17. The quantitative estimate of drug-likeness (QED) is 0.586. The Bertz CT molecular complexity index is 338. The lowest BCUT2D eigenvalue weighted by atomic mass is 9.95. The van der Waals surface area contributed by atoms with E-state index in [1.807, 2.05) is 0 Å². The third kappa shape index (κ3) is 2.17. The van der Waals surface area contributed by atoms with E-state index >= 15 is 0 Å². The molecule has 1 aliphatic rings. The molecular weight excluding hydrogens is 178 g/mol. The fraction of sp³-hybridized carbons (Fsp3) is 0.429. The molecule has 0 radical (unpaired) electrons. The predicted molar refractivity (Wildman–Crippen MR) is 46.0 cm³/mol. The summed E-state index contributed by atoms with van der Waals surface area (Å²) < 4.78 is 29.8. The minimum Gasteiger partial charge on any atom is -0.322 e. The van der Waals surface area contributed by atoms with Crippen LogP contribution in [0.15, 0.2) is 23.1 Å². The molecule has 0 aromatic carbocycles. The second-order valence-electron chi connectivity index (χ2n) is 3.12. The van der Waals surface area contributed by atoms with Gasteiger partial charge in [-0.3, -0.25) is 4.55 Å². The molecule has 1 rings (SSSR count). The molecule has 0 saturated heterocycles. The highest BCUT2D eigenvalue weighted by Gasteiger charge is 2.21. The maximum absolute atomic E-state index is 10.6. The van der Waals surface area contributed by atoms with Gasteiger partial charge >= 0.3 is 0 Å². The Kier molecular flexibility index (Phi) is 2.11. The second kappa shape index (κ2) is 2.69. The molecule has 12 heavy (non-hydrogen) atoms. The molecule has 0 fully saturated rings. The summed E-state index contributed by atoms with van der Waals surface area (Å²) in [6.07, 6.45) is 4.71. The minimum atomic E-state index is -4.06. The third-order valence-electron chi connectivity index (χ3n) is 1.67. The monoisotopic (exact) mass is 189 g/mol. The Labute approximate surface area is 71.5 Å². The van der Waals surface area contributed by atoms with Crippen molar-refractivity contribution in [3.05, 3.63) is 23.1 Å². The topological polar surface area (TPSA) is 80.4 Å². The lowest BCUT2D eigenvalue weighted by molar-refractivity contribution is 0.490. The maximum Gasteiger partial charge on any atom is 0.294 e. The van der Waals surface area contributed by atoms with Gasteiger partial charge in [0.25, 0.3) is 10.1 Å². The Balaban J connectivity index is 2.93. The highest BCUT2D eigenvalue weighted by atomic mass is 32.2. The van der Waals surface area contributed by atoms with Crippen molar-refractivity contribution in [1.82, 2.24) is 0 Å². The molecule has 3 N–H and O–H groups in total. The zero-order valence-electron chi connectivity index (χ0n) is 6.69. The third-order valence-corrected chi connectivity index (χ3v) is 2.57. The summed E-state index contributed by atoms with van der Waals surface area (Å²) in [6.45, 7) is 1.78. The SMILES string of the molecule is CC1(N)C=CC(S(=O)(=O)O)=CC1. The van der Waals surface area contributed by atoms with Gasteiger partial charge in [-0.1, -0.05) is 12.2 Å². The van der Waals surface area contributed by atoms with E-state index in [-0.39, 0.29) is 4.91 Å². The van der Waals surface area contributed by atoms with Crippen LogP contribution in [0.5, 0.6) is 0 Å². The van der Waals surface area contributed by atoms with E-state index in [9.17, 15) is 8.42 Å². The molecule has 0 heterocycles. The first-order chi connectivity index (χ1) is 5.31. The summed E-state index contributed by atoms with van der Waals surface area (Å²) in [5.74, 6) is 0. The zero-order chi connectivity index (χ0) is 9.41. The minimum absolute atomic E-state index is 0.0783. The smallest absolute Gasteiger partial charge is 0.294 e. The fourth-order valence-corrected chi connectivity index (χ4v) is 1.45. The van der Waals surface area contributed by atoms with Crippen LogP contribution in [0, 0.1) is 0 Å². The average Bonchev–Trinajstić information content (AvgIpc) is 1.83. The van der Waals surface area contributed by atoms with Crippen LogP contribution >= 0.6 is 0 Å². The molecule has 0 spiro atoms. The van der Waals surface area contributed by atoms with Crippen molar-refractivity contribution in [3.63, 3.8) is 0 Å². The van der Waals surface area contributed by atoms with Gasteiger partial charge < -0.3 is 5.73 Å². The molecular formula is C7H11NO3S. The maximum atomic E-state index is 10.6. The fourth-order valence-electron chi connectivity index (χ4n) is 0.920. The number of hydrogen-bond donors (Lipinski definition) is 2. The first kappa shape index (κ1) is 9.44. The van der Waals surface area contributed by atoms with Gasteiger partial charge in [-0.05, 0) is 19.4 Å². The molecule has 5 heteroatoms. The second-order valence-corrected chi connectivity index (χ2v) is 4.55. The normalized spacial score (nSPS) is 30.1. The molecule has 0 aromatic rings. The van der Waals surface area contributed by atoms with Crippen LogP contribution in [0.1, 0.15) is 13.3 Å². The Morgan fingerprint density at radius 3 is 2.58 bits per heavy atom. The molecule has 0 saturated carbocycles. The van der Waals surface area contributed by atoms with Crippen molar-refractivity contribution in [2.75, 3.05) is 0 Å². The Morgan fingerprint density at radius 1 is 1.67 bits per heavy atom. The van der Waals surface area contributed by atoms with E-state index in [2.05, 4.69) is 0 Å². The Morgan fingerprint density at radius 2 is 2.25 bits per heavy atom. The lowest BCUT2D eigenvalue weighted by Gasteiger charge is -2.21. The van der Waals surface area contributed by atoms with Gasteiger partial charge in [0.2, 0.25) is 0 Å². The molecule has 0 aromatic heterocycles. The summed E-state index contributed by atoms with van der Waals surface area (Å²) in [4.78, 5) is -0.0783. The van der Waals surface area contributed by atoms with Crippen LogP contribution in [0.25, 0.3) is 0 Å². The molecule has 1 unspecified atom stereocenters. The largest absolute Gasteiger partial charge is 0.322 e. The summed E-state index contributed by atoms with van der Waals surface area (Å²) in [6, 6.07) is 0. The van der Waals surface area contributed by atoms with Crippen molar-refractivity contribution in [3.8, 4) is 0 Å². The predicted octanol–water partition coefficient (Wildman–Crippen LogP) is 0.435. The number of rotatable bonds is 1. The molecule has 1 aliphatic carbocycles. The van der Waals surface area contributed by atoms with Gasteiger partial charge in [-0.15, -0.1) is 0 Å². The van der Waals surface area contributed by atoms with E-state index in [0.717, 1.165) is 0 Å². The number of nitrogens with two attached hydrogens (primary N) is 1. The first-order valence-electron chi connectivity index (χ1n) is 3.47.